The molecule has 0 saturated heterocycles. The molecule has 25 heavy (non-hydrogen) atoms. The van der Waals surface area contributed by atoms with Crippen molar-refractivity contribution in [3.8, 4) is 11.8 Å². The summed E-state index contributed by atoms with van der Waals surface area (Å²) in [5.41, 5.74) is 2.10. The topological polar surface area (TPSA) is 67.2 Å². The number of nitrogens with zero attached hydrogens (tertiary/aromatic N) is 1. The number of hydrogen-bond acceptors (Lipinski definition) is 4. The lowest BCUT2D eigenvalue weighted by atomic mass is 9.96. The number of ether oxygens (including phenoxy) is 1. The Balaban J connectivity index is 0.000000293. The van der Waals surface area contributed by atoms with Gasteiger partial charge in [-0.05, 0) is 17.5 Å². The highest BCUT2D eigenvalue weighted by Gasteiger charge is 2.18. The van der Waals surface area contributed by atoms with Crippen LogP contribution < -0.4 is 4.74 Å². The largest absolute Gasteiger partial charge is 0.495 e. The summed E-state index contributed by atoms with van der Waals surface area (Å²) in [6, 6.07) is 14.4. The summed E-state index contributed by atoms with van der Waals surface area (Å²) in [4.78, 5) is 21.7. The van der Waals surface area contributed by atoms with Crippen LogP contribution in [0.25, 0.3) is 0 Å². The highest BCUT2D eigenvalue weighted by Crippen LogP contribution is 2.32. The van der Waals surface area contributed by atoms with Crippen LogP contribution in [-0.2, 0) is 0 Å². The smallest absolute Gasteiger partial charge is 0.217 e. The zero-order valence-electron chi connectivity index (χ0n) is 14.2. The summed E-state index contributed by atoms with van der Waals surface area (Å²) in [6.07, 6.45) is 0. The summed E-state index contributed by atoms with van der Waals surface area (Å²) < 4.78 is 5.21. The maximum Gasteiger partial charge on any atom is 0.217 e. The van der Waals surface area contributed by atoms with Gasteiger partial charge in [-0.2, -0.15) is 5.26 Å². The van der Waals surface area contributed by atoms with E-state index < -0.39 is 5.12 Å². The Bertz CT molecular complexity index is 796. The predicted molar refractivity (Wildman–Crippen MR) is 105 cm³/mol. The van der Waals surface area contributed by atoms with Crippen molar-refractivity contribution >= 4 is 35.5 Å². The van der Waals surface area contributed by atoms with Crippen molar-refractivity contribution in [3.63, 3.8) is 0 Å². The third-order valence-corrected chi connectivity index (χ3v) is 3.88. The Kier molecular flexibility index (Phi) is 8.26. The minimum Gasteiger partial charge on any atom is -0.495 e. The van der Waals surface area contributed by atoms with Crippen molar-refractivity contribution in [2.75, 3.05) is 7.11 Å². The van der Waals surface area contributed by atoms with E-state index in [1.807, 2.05) is 38.1 Å². The second-order valence-corrected chi connectivity index (χ2v) is 6.17. The SMILES string of the molecule is COc1c(C(C)C)ccc(C(=O)S)c1C#N.O=C(S)c1ccccc1. The number of rotatable bonds is 4. The number of benzene rings is 2. The lowest BCUT2D eigenvalue weighted by Gasteiger charge is -2.14. The molecule has 0 amide bonds. The number of methoxy groups -OCH3 is 1. The molecular formula is C19H19NO3S2. The molecule has 2 aromatic rings. The van der Waals surface area contributed by atoms with Crippen LogP contribution in [0.3, 0.4) is 0 Å². The van der Waals surface area contributed by atoms with Crippen LogP contribution in [-0.4, -0.2) is 17.3 Å². The number of thiol groups is 2. The van der Waals surface area contributed by atoms with Crippen molar-refractivity contribution in [1.82, 2.24) is 0 Å². The van der Waals surface area contributed by atoms with Crippen molar-refractivity contribution in [3.05, 3.63) is 64.7 Å². The Hall–Kier alpha value is -2.23. The maximum atomic E-state index is 11.2. The lowest BCUT2D eigenvalue weighted by Crippen LogP contribution is -2.02. The van der Waals surface area contributed by atoms with Gasteiger partial charge in [0.05, 0.1) is 12.7 Å². The number of hydrogen-bond donors (Lipinski definition) is 2. The van der Waals surface area contributed by atoms with Gasteiger partial charge < -0.3 is 4.74 Å². The summed E-state index contributed by atoms with van der Waals surface area (Å²) in [6.45, 7) is 4.00. The molecule has 0 aromatic heterocycles. The number of carbonyl (C=O) groups is 2. The van der Waals surface area contributed by atoms with Crippen LogP contribution in [0.1, 0.15) is 51.6 Å². The van der Waals surface area contributed by atoms with Crippen LogP contribution in [0.15, 0.2) is 42.5 Å². The first-order valence-corrected chi connectivity index (χ1v) is 8.35. The third-order valence-electron chi connectivity index (χ3n) is 3.38. The predicted octanol–water partition coefficient (Wildman–Crippen LogP) is 4.52. The fraction of sp³-hybridized carbons (Fsp3) is 0.211. The molecule has 0 heterocycles. The zero-order chi connectivity index (χ0) is 19.0. The maximum absolute atomic E-state index is 11.2. The van der Waals surface area contributed by atoms with E-state index in [-0.39, 0.29) is 22.2 Å². The quantitative estimate of drug-likeness (QED) is 0.774. The minimum atomic E-state index is -0.426. The summed E-state index contributed by atoms with van der Waals surface area (Å²) in [7, 11) is 1.49. The molecule has 2 aromatic carbocycles. The Labute approximate surface area is 158 Å². The first kappa shape index (κ1) is 20.8. The van der Waals surface area contributed by atoms with Gasteiger partial charge in [0, 0.05) is 5.56 Å². The first-order chi connectivity index (χ1) is 11.8. The van der Waals surface area contributed by atoms with Crippen LogP contribution in [0.2, 0.25) is 0 Å². The summed E-state index contributed by atoms with van der Waals surface area (Å²) in [5, 5.41) is 8.46. The van der Waals surface area contributed by atoms with Gasteiger partial charge in [-0.1, -0.05) is 50.2 Å². The molecule has 0 unspecified atom stereocenters. The molecule has 2 rings (SSSR count). The molecule has 4 nitrogen and oxygen atoms in total. The normalized spacial score (nSPS) is 9.64. The molecule has 0 aliphatic heterocycles. The Morgan fingerprint density at radius 2 is 1.64 bits per heavy atom. The molecule has 130 valence electrons. The van der Waals surface area contributed by atoms with E-state index >= 15 is 0 Å². The van der Waals surface area contributed by atoms with Crippen molar-refractivity contribution in [2.24, 2.45) is 0 Å². The minimum absolute atomic E-state index is 0.185. The highest BCUT2D eigenvalue weighted by atomic mass is 32.1. The molecule has 0 aliphatic carbocycles. The molecule has 0 aliphatic rings. The van der Waals surface area contributed by atoms with E-state index in [0.717, 1.165) is 5.56 Å². The molecular weight excluding hydrogens is 354 g/mol. The molecule has 0 N–H and O–H groups in total. The monoisotopic (exact) mass is 373 g/mol. The molecule has 0 spiro atoms. The first-order valence-electron chi connectivity index (χ1n) is 7.46. The van der Waals surface area contributed by atoms with Gasteiger partial charge in [0.25, 0.3) is 0 Å². The molecule has 0 saturated carbocycles. The van der Waals surface area contributed by atoms with Gasteiger partial charge in [-0.3, -0.25) is 9.59 Å². The highest BCUT2D eigenvalue weighted by molar-refractivity contribution is 7.97. The van der Waals surface area contributed by atoms with Crippen LogP contribution in [0.4, 0.5) is 0 Å². The van der Waals surface area contributed by atoms with E-state index in [9.17, 15) is 9.59 Å². The average molecular weight is 373 g/mol. The van der Waals surface area contributed by atoms with E-state index in [0.29, 0.717) is 11.3 Å². The van der Waals surface area contributed by atoms with Gasteiger partial charge in [0.1, 0.15) is 17.4 Å². The van der Waals surface area contributed by atoms with Crippen LogP contribution >= 0.6 is 25.3 Å². The van der Waals surface area contributed by atoms with Crippen molar-refractivity contribution in [2.45, 2.75) is 19.8 Å². The average Bonchev–Trinajstić information content (AvgIpc) is 2.61. The van der Waals surface area contributed by atoms with Gasteiger partial charge in [0.2, 0.25) is 10.2 Å². The van der Waals surface area contributed by atoms with Gasteiger partial charge in [0.15, 0.2) is 0 Å². The second-order valence-electron chi connectivity index (χ2n) is 5.35. The van der Waals surface area contributed by atoms with Gasteiger partial charge >= 0.3 is 0 Å². The van der Waals surface area contributed by atoms with E-state index in [1.165, 1.54) is 7.11 Å². The fourth-order valence-corrected chi connectivity index (χ4v) is 2.48. The summed E-state index contributed by atoms with van der Waals surface area (Å²) in [5.74, 6) is 0.698. The van der Waals surface area contributed by atoms with E-state index in [4.69, 9.17) is 10.00 Å². The number of carbonyl (C=O) groups excluding carboxylic acids is 2. The summed E-state index contributed by atoms with van der Waals surface area (Å²) >= 11 is 7.39. The third kappa shape index (κ3) is 5.66. The molecule has 0 radical (unpaired) electrons. The zero-order valence-corrected chi connectivity index (χ0v) is 16.0. The Morgan fingerprint density at radius 3 is 2.00 bits per heavy atom. The molecule has 0 atom stereocenters. The van der Waals surface area contributed by atoms with Crippen LogP contribution in [0.5, 0.6) is 5.75 Å². The van der Waals surface area contributed by atoms with Gasteiger partial charge in [-0.25, -0.2) is 0 Å². The lowest BCUT2D eigenvalue weighted by molar-refractivity contribution is 0.108. The van der Waals surface area contributed by atoms with E-state index in [2.05, 4.69) is 25.3 Å². The molecule has 0 fully saturated rings. The van der Waals surface area contributed by atoms with E-state index in [1.54, 1.807) is 24.3 Å². The molecule has 0 bridgehead atoms. The standard InChI is InChI=1S/C12H13NO2S.C7H6OS/c1-7(2)8-4-5-9(12(14)16)10(6-13)11(8)15-3;8-7(9)6-4-2-1-3-5-6/h4-5,7H,1-3H3,(H,14,16);1-5H,(H,8,9). The Morgan fingerprint density at radius 1 is 1.04 bits per heavy atom. The van der Waals surface area contributed by atoms with Gasteiger partial charge in [-0.15, -0.1) is 25.3 Å². The van der Waals surface area contributed by atoms with Crippen molar-refractivity contribution < 1.29 is 14.3 Å². The van der Waals surface area contributed by atoms with Crippen LogP contribution in [0, 0.1) is 11.3 Å². The molecule has 6 heteroatoms. The second kappa shape index (κ2) is 9.92. The fourth-order valence-electron chi connectivity index (χ4n) is 2.14. The number of nitriles is 1. The van der Waals surface area contributed by atoms with Crippen molar-refractivity contribution in [1.29, 1.82) is 5.26 Å².